The molecule has 0 spiro atoms. The predicted molar refractivity (Wildman–Crippen MR) is 59.8 cm³/mol. The summed E-state index contributed by atoms with van der Waals surface area (Å²) < 4.78 is 0. The molecule has 4 heteroatoms. The van der Waals surface area contributed by atoms with E-state index in [1.807, 2.05) is 4.90 Å². The van der Waals surface area contributed by atoms with Crippen molar-refractivity contribution in [3.63, 3.8) is 0 Å². The zero-order valence-corrected chi connectivity index (χ0v) is 9.46. The fraction of sp³-hybridized carbons (Fsp3) is 0.909. The first kappa shape index (κ1) is 10.7. The molecule has 2 N–H and O–H groups in total. The van der Waals surface area contributed by atoms with Crippen LogP contribution in [-0.4, -0.2) is 43.7 Å². The van der Waals surface area contributed by atoms with Gasteiger partial charge in [-0.15, -0.1) is 0 Å². The van der Waals surface area contributed by atoms with Crippen molar-refractivity contribution in [2.45, 2.75) is 31.7 Å². The van der Waals surface area contributed by atoms with Crippen LogP contribution in [0.1, 0.15) is 25.7 Å². The highest BCUT2D eigenvalue weighted by molar-refractivity contribution is 5.73. The summed E-state index contributed by atoms with van der Waals surface area (Å²) in [7, 11) is 1.70. The average molecular weight is 211 g/mol. The molecule has 2 rings (SSSR count). The third-order valence-corrected chi connectivity index (χ3v) is 3.71. The molecule has 1 unspecified atom stereocenters. The van der Waals surface area contributed by atoms with Gasteiger partial charge in [-0.05, 0) is 38.1 Å². The predicted octanol–water partition coefficient (Wildman–Crippen LogP) is 0.790. The minimum Gasteiger partial charge on any atom is -0.341 e. The molecule has 4 nitrogen and oxygen atoms in total. The number of hydrogen-bond acceptors (Lipinski definition) is 2. The van der Waals surface area contributed by atoms with Gasteiger partial charge in [-0.2, -0.15) is 0 Å². The maximum atomic E-state index is 11.4. The zero-order valence-electron chi connectivity index (χ0n) is 9.46. The van der Waals surface area contributed by atoms with Crippen molar-refractivity contribution in [2.24, 2.45) is 5.92 Å². The Morgan fingerprint density at radius 1 is 1.33 bits per heavy atom. The van der Waals surface area contributed by atoms with Crippen molar-refractivity contribution < 1.29 is 4.79 Å². The molecule has 0 aromatic heterocycles. The second-order valence-corrected chi connectivity index (χ2v) is 4.58. The number of nitrogens with one attached hydrogen (secondary N) is 2. The number of piperidine rings is 1. The van der Waals surface area contributed by atoms with Crippen LogP contribution in [0.5, 0.6) is 0 Å². The summed E-state index contributed by atoms with van der Waals surface area (Å²) in [5.41, 5.74) is 0. The van der Waals surface area contributed by atoms with E-state index in [-0.39, 0.29) is 6.03 Å². The fourth-order valence-corrected chi connectivity index (χ4v) is 2.78. The largest absolute Gasteiger partial charge is 0.341 e. The molecule has 15 heavy (non-hydrogen) atoms. The Hall–Kier alpha value is -0.770. The van der Waals surface area contributed by atoms with Gasteiger partial charge in [-0.25, -0.2) is 4.79 Å². The number of hydrogen-bond donors (Lipinski definition) is 2. The first-order chi connectivity index (χ1) is 7.31. The molecule has 0 radical (unpaired) electrons. The maximum Gasteiger partial charge on any atom is 0.317 e. The monoisotopic (exact) mass is 211 g/mol. The Morgan fingerprint density at radius 3 is 2.60 bits per heavy atom. The number of rotatable bonds is 1. The van der Waals surface area contributed by atoms with Gasteiger partial charge in [0.2, 0.25) is 0 Å². The molecule has 2 amide bonds. The van der Waals surface area contributed by atoms with Gasteiger partial charge in [-0.3, -0.25) is 0 Å². The van der Waals surface area contributed by atoms with Gasteiger partial charge in [0, 0.05) is 26.2 Å². The van der Waals surface area contributed by atoms with Crippen LogP contribution in [0.25, 0.3) is 0 Å². The Morgan fingerprint density at radius 2 is 2.07 bits per heavy atom. The van der Waals surface area contributed by atoms with Crippen molar-refractivity contribution in [1.82, 2.24) is 15.5 Å². The molecule has 2 saturated heterocycles. The Kier molecular flexibility index (Phi) is 3.46. The number of carbonyl (C=O) groups is 1. The SMILES string of the molecule is CNC(=O)N1CCC(C2CCCN2)CC1. The highest BCUT2D eigenvalue weighted by atomic mass is 16.2. The van der Waals surface area contributed by atoms with Crippen molar-refractivity contribution in [1.29, 1.82) is 0 Å². The van der Waals surface area contributed by atoms with Crippen molar-refractivity contribution >= 4 is 6.03 Å². The summed E-state index contributed by atoms with van der Waals surface area (Å²) in [6.07, 6.45) is 4.96. The summed E-state index contributed by atoms with van der Waals surface area (Å²) in [5.74, 6) is 0.786. The first-order valence-corrected chi connectivity index (χ1v) is 6.01. The molecule has 0 aliphatic carbocycles. The van der Waals surface area contributed by atoms with E-state index in [1.54, 1.807) is 7.05 Å². The van der Waals surface area contributed by atoms with Crippen LogP contribution < -0.4 is 10.6 Å². The maximum absolute atomic E-state index is 11.4. The molecule has 1 atom stereocenters. The molecule has 2 aliphatic rings. The molecular weight excluding hydrogens is 190 g/mol. The minimum atomic E-state index is 0.0767. The van der Waals surface area contributed by atoms with Crippen LogP contribution in [0.2, 0.25) is 0 Å². The topological polar surface area (TPSA) is 44.4 Å². The third kappa shape index (κ3) is 2.43. The van der Waals surface area contributed by atoms with E-state index in [0.717, 1.165) is 37.9 Å². The number of likely N-dealkylation sites (tertiary alicyclic amines) is 1. The molecule has 0 saturated carbocycles. The molecule has 2 aliphatic heterocycles. The zero-order chi connectivity index (χ0) is 10.7. The van der Waals surface area contributed by atoms with Crippen LogP contribution in [-0.2, 0) is 0 Å². The summed E-state index contributed by atoms with van der Waals surface area (Å²) in [6, 6.07) is 0.796. The van der Waals surface area contributed by atoms with Gasteiger partial charge < -0.3 is 15.5 Å². The van der Waals surface area contributed by atoms with Crippen LogP contribution in [0.3, 0.4) is 0 Å². The smallest absolute Gasteiger partial charge is 0.317 e. The second kappa shape index (κ2) is 4.84. The van der Waals surface area contributed by atoms with Gasteiger partial charge in [-0.1, -0.05) is 0 Å². The number of carbonyl (C=O) groups excluding carboxylic acids is 1. The van der Waals surface area contributed by atoms with Gasteiger partial charge in [0.25, 0.3) is 0 Å². The van der Waals surface area contributed by atoms with Crippen LogP contribution in [0.4, 0.5) is 4.79 Å². The lowest BCUT2D eigenvalue weighted by molar-refractivity contribution is 0.162. The highest BCUT2D eigenvalue weighted by Crippen LogP contribution is 2.25. The molecule has 0 aromatic carbocycles. The summed E-state index contributed by atoms with van der Waals surface area (Å²) in [5, 5.41) is 6.26. The molecule has 0 bridgehead atoms. The van der Waals surface area contributed by atoms with E-state index in [0.29, 0.717) is 0 Å². The Labute approximate surface area is 91.4 Å². The Bertz CT molecular complexity index is 218. The standard InChI is InChI=1S/C11H21N3O/c1-12-11(15)14-7-4-9(5-8-14)10-3-2-6-13-10/h9-10,13H,2-8H2,1H3,(H,12,15). The fourth-order valence-electron chi connectivity index (χ4n) is 2.78. The number of amides is 2. The molecule has 2 heterocycles. The van der Waals surface area contributed by atoms with Crippen LogP contribution in [0.15, 0.2) is 0 Å². The lowest BCUT2D eigenvalue weighted by Gasteiger charge is -2.34. The highest BCUT2D eigenvalue weighted by Gasteiger charge is 2.29. The molecule has 86 valence electrons. The van der Waals surface area contributed by atoms with Crippen LogP contribution in [0, 0.1) is 5.92 Å². The second-order valence-electron chi connectivity index (χ2n) is 4.58. The van der Waals surface area contributed by atoms with Crippen molar-refractivity contribution in [3.8, 4) is 0 Å². The quantitative estimate of drug-likeness (QED) is 0.673. The number of urea groups is 1. The Balaban J connectivity index is 1.78. The average Bonchev–Trinajstić information content (AvgIpc) is 2.82. The number of nitrogens with zero attached hydrogens (tertiary/aromatic N) is 1. The van der Waals surface area contributed by atoms with E-state index >= 15 is 0 Å². The van der Waals surface area contributed by atoms with Crippen molar-refractivity contribution in [3.05, 3.63) is 0 Å². The van der Waals surface area contributed by atoms with Gasteiger partial charge >= 0.3 is 6.03 Å². The van der Waals surface area contributed by atoms with E-state index in [1.165, 1.54) is 19.4 Å². The summed E-state index contributed by atoms with van der Waals surface area (Å²) >= 11 is 0. The summed E-state index contributed by atoms with van der Waals surface area (Å²) in [4.78, 5) is 13.3. The molecule has 0 aromatic rings. The van der Waals surface area contributed by atoms with Gasteiger partial charge in [0.1, 0.15) is 0 Å². The lowest BCUT2D eigenvalue weighted by Crippen LogP contribution is -2.46. The van der Waals surface area contributed by atoms with E-state index in [2.05, 4.69) is 10.6 Å². The third-order valence-electron chi connectivity index (χ3n) is 3.71. The molecular formula is C11H21N3O. The van der Waals surface area contributed by atoms with E-state index < -0.39 is 0 Å². The normalized spacial score (nSPS) is 28.1. The molecule has 2 fully saturated rings. The van der Waals surface area contributed by atoms with Crippen molar-refractivity contribution in [2.75, 3.05) is 26.7 Å². The van der Waals surface area contributed by atoms with Gasteiger partial charge in [0.15, 0.2) is 0 Å². The summed E-state index contributed by atoms with van der Waals surface area (Å²) in [6.45, 7) is 3.02. The lowest BCUT2D eigenvalue weighted by atomic mass is 9.89. The van der Waals surface area contributed by atoms with Crippen LogP contribution >= 0.6 is 0 Å². The van der Waals surface area contributed by atoms with E-state index in [9.17, 15) is 4.79 Å². The first-order valence-electron chi connectivity index (χ1n) is 6.01. The minimum absolute atomic E-state index is 0.0767. The van der Waals surface area contributed by atoms with E-state index in [4.69, 9.17) is 0 Å². The van der Waals surface area contributed by atoms with Gasteiger partial charge in [0.05, 0.1) is 0 Å².